The van der Waals surface area contributed by atoms with Crippen molar-refractivity contribution in [2.45, 2.75) is 83.5 Å². The fourth-order valence-corrected chi connectivity index (χ4v) is 5.03. The van der Waals surface area contributed by atoms with Crippen molar-refractivity contribution in [3.05, 3.63) is 35.9 Å². The van der Waals surface area contributed by atoms with Crippen molar-refractivity contribution < 1.29 is 23.9 Å². The van der Waals surface area contributed by atoms with Crippen LogP contribution in [0.4, 0.5) is 4.79 Å². The average Bonchev–Trinajstić information content (AvgIpc) is 3.37. The van der Waals surface area contributed by atoms with Crippen molar-refractivity contribution in [2.24, 2.45) is 5.92 Å². The van der Waals surface area contributed by atoms with Crippen LogP contribution in [-0.4, -0.2) is 91.3 Å². The third kappa shape index (κ3) is 8.70. The first-order valence-corrected chi connectivity index (χ1v) is 14.0. The number of carbonyl (C=O) groups is 3. The largest absolute Gasteiger partial charge is 0.444 e. The van der Waals surface area contributed by atoms with Crippen LogP contribution >= 0.6 is 0 Å². The van der Waals surface area contributed by atoms with Gasteiger partial charge in [-0.25, -0.2) is 4.79 Å². The number of carbonyl (C=O) groups excluding carboxylic acids is 3. The molecule has 2 saturated heterocycles. The van der Waals surface area contributed by atoms with Crippen LogP contribution in [0.5, 0.6) is 0 Å². The predicted molar refractivity (Wildman–Crippen MR) is 147 cm³/mol. The number of rotatable bonds is 10. The Balaban J connectivity index is 1.62. The summed E-state index contributed by atoms with van der Waals surface area (Å²) in [6, 6.07) is 9.01. The minimum absolute atomic E-state index is 0.00785. The van der Waals surface area contributed by atoms with Crippen molar-refractivity contribution in [1.82, 2.24) is 20.4 Å². The van der Waals surface area contributed by atoms with E-state index in [1.54, 1.807) is 34.7 Å². The number of hydrogen-bond acceptors (Lipinski definition) is 6. The highest BCUT2D eigenvalue weighted by Gasteiger charge is 2.39. The van der Waals surface area contributed by atoms with Crippen molar-refractivity contribution in [3.63, 3.8) is 0 Å². The second-order valence-corrected chi connectivity index (χ2v) is 11.5. The van der Waals surface area contributed by atoms with Crippen LogP contribution in [-0.2, 0) is 25.5 Å². The van der Waals surface area contributed by atoms with Gasteiger partial charge in [0.25, 0.3) is 0 Å². The molecular weight excluding hydrogens is 484 g/mol. The zero-order valence-corrected chi connectivity index (χ0v) is 23.7. The molecular formula is C29H46N4O5. The number of likely N-dealkylation sites (N-methyl/N-ethyl adjacent to an activating group) is 1. The van der Waals surface area contributed by atoms with Gasteiger partial charge in [0.05, 0.1) is 0 Å². The lowest BCUT2D eigenvalue weighted by Gasteiger charge is -2.36. The average molecular weight is 531 g/mol. The molecule has 0 saturated carbocycles. The van der Waals surface area contributed by atoms with Crippen molar-refractivity contribution in [2.75, 3.05) is 39.9 Å². The van der Waals surface area contributed by atoms with Gasteiger partial charge in [0, 0.05) is 39.4 Å². The number of nitrogens with zero attached hydrogens (tertiary/aromatic N) is 2. The molecule has 3 rings (SSSR count). The summed E-state index contributed by atoms with van der Waals surface area (Å²) in [5, 5.41) is 6.54. The molecule has 0 radical (unpaired) electrons. The number of benzene rings is 1. The number of ether oxygens (including phenoxy) is 2. The number of hydrogen-bond donors (Lipinski definition) is 2. The Morgan fingerprint density at radius 2 is 1.82 bits per heavy atom. The molecule has 2 fully saturated rings. The first kappa shape index (κ1) is 29.9. The molecule has 9 heteroatoms. The standard InChI is InChI=1S/C29H46N4O5/c1-21(32(5)28(36)38-29(2,3)4)26(34)31-25(23-14-18-37-19-15-23)27(35)33-17-9-12-24(33)20-30-16-13-22-10-7-6-8-11-22/h6-8,10-11,21,23-25,30H,9,12-20H2,1-5H3,(H,31,34)/t21-,24-,25-/m0/s1. The Bertz CT molecular complexity index is 913. The highest BCUT2D eigenvalue weighted by Crippen LogP contribution is 2.25. The van der Waals surface area contributed by atoms with Crippen molar-refractivity contribution >= 4 is 17.9 Å². The summed E-state index contributed by atoms with van der Waals surface area (Å²) in [5.74, 6) is -0.406. The molecule has 0 aliphatic carbocycles. The Hall–Kier alpha value is -2.65. The van der Waals surface area contributed by atoms with E-state index in [-0.39, 0.29) is 23.8 Å². The van der Waals surface area contributed by atoms with Gasteiger partial charge in [0.2, 0.25) is 11.8 Å². The molecule has 0 aromatic heterocycles. The van der Waals surface area contributed by atoms with Crippen LogP contribution in [0.25, 0.3) is 0 Å². The smallest absolute Gasteiger partial charge is 0.410 e. The van der Waals surface area contributed by atoms with Crippen LogP contribution in [0, 0.1) is 5.92 Å². The summed E-state index contributed by atoms with van der Waals surface area (Å²) in [4.78, 5) is 42.9. The van der Waals surface area contributed by atoms with Crippen molar-refractivity contribution in [1.29, 1.82) is 0 Å². The Morgan fingerprint density at radius 3 is 2.47 bits per heavy atom. The maximum absolute atomic E-state index is 13.9. The Labute approximate surface area is 227 Å². The van der Waals surface area contributed by atoms with Gasteiger partial charge in [0.15, 0.2) is 0 Å². The quantitative estimate of drug-likeness (QED) is 0.451. The van der Waals surface area contributed by atoms with Gasteiger partial charge in [-0.15, -0.1) is 0 Å². The first-order valence-electron chi connectivity index (χ1n) is 14.0. The van der Waals surface area contributed by atoms with Crippen LogP contribution < -0.4 is 10.6 Å². The molecule has 9 nitrogen and oxygen atoms in total. The van der Waals surface area contributed by atoms with E-state index in [0.717, 1.165) is 32.4 Å². The molecule has 38 heavy (non-hydrogen) atoms. The van der Waals surface area contributed by atoms with Crippen LogP contribution in [0.1, 0.15) is 58.9 Å². The van der Waals surface area contributed by atoms with E-state index in [1.807, 2.05) is 23.1 Å². The summed E-state index contributed by atoms with van der Waals surface area (Å²) < 4.78 is 10.9. The van der Waals surface area contributed by atoms with Gasteiger partial charge < -0.3 is 25.0 Å². The number of likely N-dealkylation sites (tertiary alicyclic amines) is 1. The molecule has 0 bridgehead atoms. The first-order chi connectivity index (χ1) is 18.1. The summed E-state index contributed by atoms with van der Waals surface area (Å²) in [7, 11) is 1.54. The number of amides is 3. The van der Waals surface area contributed by atoms with E-state index < -0.39 is 23.8 Å². The highest BCUT2D eigenvalue weighted by molar-refractivity contribution is 5.91. The minimum Gasteiger partial charge on any atom is -0.444 e. The van der Waals surface area contributed by atoms with Gasteiger partial charge in [-0.1, -0.05) is 30.3 Å². The summed E-state index contributed by atoms with van der Waals surface area (Å²) in [6.45, 7) is 10.4. The molecule has 2 N–H and O–H groups in total. The minimum atomic E-state index is -0.783. The molecule has 1 aromatic rings. The van der Waals surface area contributed by atoms with Crippen LogP contribution in [0.15, 0.2) is 30.3 Å². The van der Waals surface area contributed by atoms with E-state index >= 15 is 0 Å². The monoisotopic (exact) mass is 530 g/mol. The van der Waals surface area contributed by atoms with E-state index in [0.29, 0.717) is 32.6 Å². The zero-order valence-electron chi connectivity index (χ0n) is 23.7. The third-order valence-electron chi connectivity index (χ3n) is 7.42. The van der Waals surface area contributed by atoms with Gasteiger partial charge in [-0.05, 0) is 77.8 Å². The molecule has 3 amide bonds. The summed E-state index contributed by atoms with van der Waals surface area (Å²) >= 11 is 0. The maximum atomic E-state index is 13.9. The van der Waals surface area contributed by atoms with Gasteiger partial charge in [-0.2, -0.15) is 0 Å². The molecule has 3 atom stereocenters. The second kappa shape index (κ2) is 13.9. The van der Waals surface area contributed by atoms with E-state index in [9.17, 15) is 14.4 Å². The van der Waals surface area contributed by atoms with Crippen LogP contribution in [0.2, 0.25) is 0 Å². The molecule has 0 unspecified atom stereocenters. The molecule has 212 valence electrons. The summed E-state index contributed by atoms with van der Waals surface area (Å²) in [6.07, 6.45) is 3.67. The topological polar surface area (TPSA) is 100 Å². The lowest BCUT2D eigenvalue weighted by Crippen LogP contribution is -2.58. The molecule has 2 heterocycles. The zero-order chi connectivity index (χ0) is 27.7. The van der Waals surface area contributed by atoms with Gasteiger partial charge >= 0.3 is 6.09 Å². The maximum Gasteiger partial charge on any atom is 0.410 e. The van der Waals surface area contributed by atoms with Gasteiger partial charge in [-0.3, -0.25) is 14.5 Å². The number of nitrogens with one attached hydrogen (secondary N) is 2. The van der Waals surface area contributed by atoms with Crippen LogP contribution in [0.3, 0.4) is 0 Å². The Morgan fingerprint density at radius 1 is 1.13 bits per heavy atom. The molecule has 2 aliphatic rings. The van der Waals surface area contributed by atoms with E-state index in [4.69, 9.17) is 9.47 Å². The predicted octanol–water partition coefficient (Wildman–Crippen LogP) is 2.98. The fraction of sp³-hybridized carbons (Fsp3) is 0.690. The molecule has 2 aliphatic heterocycles. The normalized spacial score (nSPS) is 20.0. The SMILES string of the molecule is C[C@@H](C(=O)N[C@H](C(=O)N1CCC[C@H]1CNCCc1ccccc1)C1CCOCC1)N(C)C(=O)OC(C)(C)C. The second-order valence-electron chi connectivity index (χ2n) is 11.5. The highest BCUT2D eigenvalue weighted by atomic mass is 16.6. The van der Waals surface area contributed by atoms with E-state index in [1.165, 1.54) is 10.5 Å². The Kier molecular flexibility index (Phi) is 11.0. The lowest BCUT2D eigenvalue weighted by atomic mass is 9.90. The van der Waals surface area contributed by atoms with Crippen molar-refractivity contribution in [3.8, 4) is 0 Å². The lowest BCUT2D eigenvalue weighted by molar-refractivity contribution is -0.140. The third-order valence-corrected chi connectivity index (χ3v) is 7.42. The molecule has 0 spiro atoms. The van der Waals surface area contributed by atoms with E-state index in [2.05, 4.69) is 22.8 Å². The fourth-order valence-electron chi connectivity index (χ4n) is 5.03. The summed E-state index contributed by atoms with van der Waals surface area (Å²) in [5.41, 5.74) is 0.620. The van der Waals surface area contributed by atoms with Gasteiger partial charge in [0.1, 0.15) is 17.7 Å². The molecule has 1 aromatic carbocycles.